The summed E-state index contributed by atoms with van der Waals surface area (Å²) in [7, 11) is 0. The molecule has 2 rings (SSSR count). The van der Waals surface area contributed by atoms with Crippen LogP contribution in [-0.4, -0.2) is 18.3 Å². The molecule has 1 fully saturated rings. The first kappa shape index (κ1) is 11.6. The van der Waals surface area contributed by atoms with Gasteiger partial charge >= 0.3 is 0 Å². The molecule has 0 amide bonds. The van der Waals surface area contributed by atoms with E-state index in [-0.39, 0.29) is 11.7 Å². The van der Waals surface area contributed by atoms with Gasteiger partial charge in [0.2, 0.25) is 0 Å². The Hall–Kier alpha value is -0.930. The molecule has 0 saturated carbocycles. The Bertz CT molecular complexity index is 359. The highest BCUT2D eigenvalue weighted by Gasteiger charge is 2.25. The highest BCUT2D eigenvalue weighted by Crippen LogP contribution is 2.31. The number of hydrogen-bond acceptors (Lipinski definition) is 2. The summed E-state index contributed by atoms with van der Waals surface area (Å²) < 4.78 is 19.1. The first-order valence-corrected chi connectivity index (χ1v) is 5.71. The summed E-state index contributed by atoms with van der Waals surface area (Å²) in [4.78, 5) is 0. The minimum Gasteiger partial charge on any atom is -0.388 e. The van der Waals surface area contributed by atoms with E-state index < -0.39 is 6.10 Å². The molecule has 0 aromatic heterocycles. The Balaban J connectivity index is 2.19. The molecule has 88 valence electrons. The molecule has 1 N–H and O–H groups in total. The summed E-state index contributed by atoms with van der Waals surface area (Å²) in [6.45, 7) is 3.04. The molecule has 1 unspecified atom stereocenters. The van der Waals surface area contributed by atoms with Crippen LogP contribution in [-0.2, 0) is 4.74 Å². The summed E-state index contributed by atoms with van der Waals surface area (Å²) in [5.41, 5.74) is 1.01. The maximum Gasteiger partial charge on any atom is 0.131 e. The molecule has 1 aromatic rings. The van der Waals surface area contributed by atoms with Crippen molar-refractivity contribution in [1.29, 1.82) is 0 Å². The number of halogens is 1. The molecule has 1 aliphatic heterocycles. The van der Waals surface area contributed by atoms with Crippen molar-refractivity contribution in [2.75, 3.05) is 13.2 Å². The van der Waals surface area contributed by atoms with Gasteiger partial charge in [0.1, 0.15) is 5.82 Å². The standard InChI is InChI=1S/C13H17FO2/c1-9-3-2-4-11(12(9)14)13(15)10-5-7-16-8-6-10/h2-4,10,13,15H,5-8H2,1H3. The van der Waals surface area contributed by atoms with Crippen LogP contribution < -0.4 is 0 Å². The molecule has 0 radical (unpaired) electrons. The number of rotatable bonds is 2. The van der Waals surface area contributed by atoms with E-state index in [9.17, 15) is 9.50 Å². The summed E-state index contributed by atoms with van der Waals surface area (Å²) in [5.74, 6) is -0.161. The third-order valence-corrected chi connectivity index (χ3v) is 3.25. The van der Waals surface area contributed by atoms with Crippen LogP contribution >= 0.6 is 0 Å². The average Bonchev–Trinajstić information content (AvgIpc) is 2.33. The van der Waals surface area contributed by atoms with Crippen molar-refractivity contribution in [1.82, 2.24) is 0 Å². The minimum atomic E-state index is -0.705. The van der Waals surface area contributed by atoms with Crippen molar-refractivity contribution in [3.05, 3.63) is 35.1 Å². The maximum atomic E-state index is 13.8. The fourth-order valence-corrected chi connectivity index (χ4v) is 2.18. The molecule has 0 aliphatic carbocycles. The normalized spacial score (nSPS) is 19.7. The van der Waals surface area contributed by atoms with Gasteiger partial charge in [0.25, 0.3) is 0 Å². The fraction of sp³-hybridized carbons (Fsp3) is 0.538. The third-order valence-electron chi connectivity index (χ3n) is 3.25. The zero-order valence-corrected chi connectivity index (χ0v) is 9.45. The first-order valence-electron chi connectivity index (χ1n) is 5.71. The molecule has 0 spiro atoms. The van der Waals surface area contributed by atoms with Crippen molar-refractivity contribution < 1.29 is 14.2 Å². The number of hydrogen-bond donors (Lipinski definition) is 1. The smallest absolute Gasteiger partial charge is 0.131 e. The highest BCUT2D eigenvalue weighted by atomic mass is 19.1. The summed E-state index contributed by atoms with van der Waals surface area (Å²) in [6, 6.07) is 5.17. The second kappa shape index (κ2) is 4.93. The monoisotopic (exact) mass is 224 g/mol. The van der Waals surface area contributed by atoms with Crippen LogP contribution in [0.2, 0.25) is 0 Å². The molecule has 3 heteroatoms. The SMILES string of the molecule is Cc1cccc(C(O)C2CCOCC2)c1F. The molecule has 1 heterocycles. The van der Waals surface area contributed by atoms with Gasteiger partial charge in [-0.25, -0.2) is 4.39 Å². The second-order valence-corrected chi connectivity index (χ2v) is 4.37. The summed E-state index contributed by atoms with van der Waals surface area (Å²) in [6.07, 6.45) is 0.895. The Kier molecular flexibility index (Phi) is 3.56. The van der Waals surface area contributed by atoms with Crippen LogP contribution in [0.1, 0.15) is 30.1 Å². The lowest BCUT2D eigenvalue weighted by Crippen LogP contribution is -2.22. The molecule has 16 heavy (non-hydrogen) atoms. The predicted octanol–water partition coefficient (Wildman–Crippen LogP) is 2.59. The number of aryl methyl sites for hydroxylation is 1. The van der Waals surface area contributed by atoms with Gasteiger partial charge < -0.3 is 9.84 Å². The van der Waals surface area contributed by atoms with E-state index in [1.54, 1.807) is 25.1 Å². The third kappa shape index (κ3) is 2.25. The molecular formula is C13H17FO2. The van der Waals surface area contributed by atoms with Gasteiger partial charge in [0.05, 0.1) is 6.10 Å². The van der Waals surface area contributed by atoms with Crippen LogP contribution in [0.15, 0.2) is 18.2 Å². The Morgan fingerprint density at radius 3 is 2.75 bits per heavy atom. The molecule has 1 atom stereocenters. The average molecular weight is 224 g/mol. The van der Waals surface area contributed by atoms with Gasteiger partial charge in [-0.2, -0.15) is 0 Å². The van der Waals surface area contributed by atoms with E-state index >= 15 is 0 Å². The van der Waals surface area contributed by atoms with E-state index in [2.05, 4.69) is 0 Å². The molecule has 1 aromatic carbocycles. The fourth-order valence-electron chi connectivity index (χ4n) is 2.18. The van der Waals surface area contributed by atoms with Crippen molar-refractivity contribution in [3.8, 4) is 0 Å². The van der Waals surface area contributed by atoms with Gasteiger partial charge in [-0.15, -0.1) is 0 Å². The second-order valence-electron chi connectivity index (χ2n) is 4.37. The molecular weight excluding hydrogens is 207 g/mol. The van der Waals surface area contributed by atoms with Gasteiger partial charge in [0, 0.05) is 18.8 Å². The topological polar surface area (TPSA) is 29.5 Å². The van der Waals surface area contributed by atoms with E-state index in [1.165, 1.54) is 0 Å². The summed E-state index contributed by atoms with van der Waals surface area (Å²) in [5, 5.41) is 10.2. The van der Waals surface area contributed by atoms with E-state index in [1.807, 2.05) is 0 Å². The van der Waals surface area contributed by atoms with Gasteiger partial charge in [-0.05, 0) is 31.2 Å². The zero-order chi connectivity index (χ0) is 11.5. The lowest BCUT2D eigenvalue weighted by Gasteiger charge is -2.27. The van der Waals surface area contributed by atoms with E-state index in [0.717, 1.165) is 12.8 Å². The van der Waals surface area contributed by atoms with Crippen LogP contribution in [0.25, 0.3) is 0 Å². The maximum absolute atomic E-state index is 13.8. The summed E-state index contributed by atoms with van der Waals surface area (Å²) >= 11 is 0. The largest absolute Gasteiger partial charge is 0.388 e. The van der Waals surface area contributed by atoms with Crippen molar-refractivity contribution in [2.45, 2.75) is 25.9 Å². The predicted molar refractivity (Wildman–Crippen MR) is 59.6 cm³/mol. The van der Waals surface area contributed by atoms with Crippen LogP contribution in [0, 0.1) is 18.7 Å². The quantitative estimate of drug-likeness (QED) is 0.836. The van der Waals surface area contributed by atoms with Crippen molar-refractivity contribution in [2.24, 2.45) is 5.92 Å². The van der Waals surface area contributed by atoms with Crippen molar-refractivity contribution in [3.63, 3.8) is 0 Å². The Labute approximate surface area is 95.1 Å². The van der Waals surface area contributed by atoms with Gasteiger partial charge in [-0.1, -0.05) is 18.2 Å². The number of ether oxygens (including phenoxy) is 1. The number of benzene rings is 1. The number of aliphatic hydroxyl groups is 1. The molecule has 1 saturated heterocycles. The Morgan fingerprint density at radius 1 is 1.38 bits per heavy atom. The van der Waals surface area contributed by atoms with Gasteiger partial charge in [-0.3, -0.25) is 0 Å². The lowest BCUT2D eigenvalue weighted by molar-refractivity contribution is 0.00586. The van der Waals surface area contributed by atoms with Gasteiger partial charge in [0.15, 0.2) is 0 Å². The first-order chi connectivity index (χ1) is 7.70. The zero-order valence-electron chi connectivity index (χ0n) is 9.45. The minimum absolute atomic E-state index is 0.116. The van der Waals surface area contributed by atoms with Crippen molar-refractivity contribution >= 4 is 0 Å². The van der Waals surface area contributed by atoms with Crippen LogP contribution in [0.5, 0.6) is 0 Å². The molecule has 2 nitrogen and oxygen atoms in total. The van der Waals surface area contributed by atoms with Crippen LogP contribution in [0.4, 0.5) is 4.39 Å². The molecule has 1 aliphatic rings. The Morgan fingerprint density at radius 2 is 2.06 bits per heavy atom. The van der Waals surface area contributed by atoms with E-state index in [4.69, 9.17) is 4.74 Å². The lowest BCUT2D eigenvalue weighted by atomic mass is 9.88. The highest BCUT2D eigenvalue weighted by molar-refractivity contribution is 5.27. The molecule has 0 bridgehead atoms. The van der Waals surface area contributed by atoms with E-state index in [0.29, 0.717) is 24.3 Å². The number of aliphatic hydroxyl groups excluding tert-OH is 1. The van der Waals surface area contributed by atoms with Crippen LogP contribution in [0.3, 0.4) is 0 Å².